The van der Waals surface area contributed by atoms with Gasteiger partial charge in [-0.3, -0.25) is 0 Å². The lowest BCUT2D eigenvalue weighted by Crippen LogP contribution is -2.24. The van der Waals surface area contributed by atoms with E-state index >= 15 is 0 Å². The van der Waals surface area contributed by atoms with E-state index in [1.54, 1.807) is 47.7 Å². The number of hydrogen-bond acceptors (Lipinski definition) is 6. The molecule has 1 fully saturated rings. The molecule has 0 saturated heterocycles. The maximum Gasteiger partial charge on any atom is 0.185 e. The number of rotatable bonds is 4. The molecule has 1 aromatic carbocycles. The molecule has 0 amide bonds. The van der Waals surface area contributed by atoms with Gasteiger partial charge in [0.25, 0.3) is 0 Å². The molecule has 1 aliphatic rings. The fourth-order valence-corrected chi connectivity index (χ4v) is 3.58. The lowest BCUT2D eigenvalue weighted by atomic mass is 10.0. The zero-order valence-corrected chi connectivity index (χ0v) is 16.2. The number of nitrogens with zero attached hydrogens (tertiary/aromatic N) is 5. The van der Waals surface area contributed by atoms with Crippen molar-refractivity contribution in [1.29, 1.82) is 0 Å². The second-order valence-corrected chi connectivity index (χ2v) is 7.19. The molecule has 0 spiro atoms. The lowest BCUT2D eigenvalue weighted by Gasteiger charge is -2.14. The summed E-state index contributed by atoms with van der Waals surface area (Å²) in [5.41, 5.74) is 2.49. The minimum absolute atomic E-state index is 0.0496. The number of nitrogens with one attached hydrogen (secondary N) is 1. The molecule has 150 valence electrons. The standard InChI is InChI=1S/C21H23FN6O/c1-23-15-3-2-4-19(22)14(9-15)10-16-12-25-21(27-26-16)18-6-5-17(11-20(18)29)28-8-7-24-13-28/h5-8,10-13,15,19,23,29H,2-4,9H2,1H3/b14-10+. The Morgan fingerprint density at radius 2 is 2.17 bits per heavy atom. The van der Waals surface area contributed by atoms with Crippen LogP contribution in [0.5, 0.6) is 5.75 Å². The van der Waals surface area contributed by atoms with Crippen LogP contribution in [0.3, 0.4) is 0 Å². The maximum atomic E-state index is 14.5. The summed E-state index contributed by atoms with van der Waals surface area (Å²) < 4.78 is 16.2. The summed E-state index contributed by atoms with van der Waals surface area (Å²) in [6, 6.07) is 5.47. The number of benzene rings is 1. The first-order valence-electron chi connectivity index (χ1n) is 9.67. The predicted molar refractivity (Wildman–Crippen MR) is 108 cm³/mol. The van der Waals surface area contributed by atoms with Gasteiger partial charge in [0.05, 0.1) is 23.8 Å². The number of alkyl halides is 1. The monoisotopic (exact) mass is 394 g/mol. The molecule has 4 rings (SSSR count). The summed E-state index contributed by atoms with van der Waals surface area (Å²) >= 11 is 0. The highest BCUT2D eigenvalue weighted by Crippen LogP contribution is 2.29. The lowest BCUT2D eigenvalue weighted by molar-refractivity contribution is 0.359. The Hall–Kier alpha value is -3.13. The summed E-state index contributed by atoms with van der Waals surface area (Å²) in [6.07, 6.45) is 10.5. The van der Waals surface area contributed by atoms with Crippen LogP contribution in [0, 0.1) is 0 Å². The van der Waals surface area contributed by atoms with Gasteiger partial charge in [-0.05, 0) is 56.5 Å². The summed E-state index contributed by atoms with van der Waals surface area (Å²) in [4.78, 5) is 8.32. The van der Waals surface area contributed by atoms with E-state index in [4.69, 9.17) is 0 Å². The Morgan fingerprint density at radius 1 is 1.28 bits per heavy atom. The van der Waals surface area contributed by atoms with Crippen LogP contribution in [-0.2, 0) is 0 Å². The Morgan fingerprint density at radius 3 is 2.86 bits per heavy atom. The summed E-state index contributed by atoms with van der Waals surface area (Å²) in [7, 11) is 1.90. The highest BCUT2D eigenvalue weighted by atomic mass is 19.1. The minimum atomic E-state index is -0.963. The van der Waals surface area contributed by atoms with E-state index < -0.39 is 6.17 Å². The third-order valence-electron chi connectivity index (χ3n) is 5.24. The van der Waals surface area contributed by atoms with Gasteiger partial charge in [-0.1, -0.05) is 0 Å². The van der Waals surface area contributed by atoms with E-state index in [2.05, 4.69) is 25.5 Å². The first kappa shape index (κ1) is 19.2. The van der Waals surface area contributed by atoms with Gasteiger partial charge < -0.3 is 15.0 Å². The van der Waals surface area contributed by atoms with Crippen LogP contribution >= 0.6 is 0 Å². The first-order chi connectivity index (χ1) is 14.1. The molecular weight excluding hydrogens is 371 g/mol. The number of phenols is 1. The smallest absolute Gasteiger partial charge is 0.185 e. The second-order valence-electron chi connectivity index (χ2n) is 7.19. The third kappa shape index (κ3) is 4.32. The first-order valence-corrected chi connectivity index (χ1v) is 9.67. The number of aromatic hydroxyl groups is 1. The highest BCUT2D eigenvalue weighted by molar-refractivity contribution is 5.66. The number of halogens is 1. The van der Waals surface area contributed by atoms with Crippen LogP contribution in [0.15, 0.2) is 48.7 Å². The Kier molecular flexibility index (Phi) is 5.62. The molecule has 1 aliphatic carbocycles. The molecule has 3 aromatic rings. The SMILES string of the molecule is CNC1CCCC(F)/C(=C/c2cnc(-c3ccc(-n4ccnc4)cc3O)nn2)C1. The van der Waals surface area contributed by atoms with Gasteiger partial charge in [0.15, 0.2) is 5.82 Å². The van der Waals surface area contributed by atoms with Gasteiger partial charge in [-0.2, -0.15) is 0 Å². The van der Waals surface area contributed by atoms with Crippen molar-refractivity contribution in [2.24, 2.45) is 0 Å². The summed E-state index contributed by atoms with van der Waals surface area (Å²) in [5.74, 6) is 0.362. The van der Waals surface area contributed by atoms with Gasteiger partial charge in [0.2, 0.25) is 0 Å². The molecular formula is C21H23FN6O. The molecule has 2 heterocycles. The molecule has 0 bridgehead atoms. The fraction of sp³-hybridized carbons (Fsp3) is 0.333. The van der Waals surface area contributed by atoms with E-state index in [9.17, 15) is 9.50 Å². The topological polar surface area (TPSA) is 88.8 Å². The van der Waals surface area contributed by atoms with Crippen LogP contribution in [0.2, 0.25) is 0 Å². The van der Waals surface area contributed by atoms with Crippen LogP contribution in [-0.4, -0.2) is 49.1 Å². The fourth-order valence-electron chi connectivity index (χ4n) is 3.58. The molecule has 7 nitrogen and oxygen atoms in total. The molecule has 2 atom stereocenters. The van der Waals surface area contributed by atoms with Crippen molar-refractivity contribution >= 4 is 6.08 Å². The maximum absolute atomic E-state index is 14.5. The van der Waals surface area contributed by atoms with Gasteiger partial charge in [0, 0.05) is 24.5 Å². The van der Waals surface area contributed by atoms with E-state index in [-0.39, 0.29) is 11.8 Å². The number of phenolic OH excluding ortho intramolecular Hbond substituents is 1. The largest absolute Gasteiger partial charge is 0.507 e. The van der Waals surface area contributed by atoms with Crippen LogP contribution in [0.25, 0.3) is 23.2 Å². The molecule has 0 aliphatic heterocycles. The molecule has 2 unspecified atom stereocenters. The Balaban J connectivity index is 1.56. The van der Waals surface area contributed by atoms with Crippen LogP contribution < -0.4 is 5.32 Å². The second kappa shape index (κ2) is 8.48. The molecule has 29 heavy (non-hydrogen) atoms. The normalized spacial score (nSPS) is 21.2. The van der Waals surface area contributed by atoms with Crippen molar-refractivity contribution in [2.75, 3.05) is 7.05 Å². The van der Waals surface area contributed by atoms with Crippen molar-refractivity contribution in [2.45, 2.75) is 37.9 Å². The van der Waals surface area contributed by atoms with E-state index in [0.717, 1.165) is 24.1 Å². The number of hydrogen-bond donors (Lipinski definition) is 2. The average molecular weight is 394 g/mol. The summed E-state index contributed by atoms with van der Waals surface area (Å²) in [6.45, 7) is 0. The van der Waals surface area contributed by atoms with E-state index in [1.165, 1.54) is 0 Å². The zero-order valence-electron chi connectivity index (χ0n) is 16.2. The van der Waals surface area contributed by atoms with Crippen molar-refractivity contribution in [1.82, 2.24) is 30.0 Å². The van der Waals surface area contributed by atoms with Crippen LogP contribution in [0.4, 0.5) is 4.39 Å². The number of imidazole rings is 1. The Bertz CT molecular complexity index is 987. The van der Waals surface area contributed by atoms with E-state index in [0.29, 0.717) is 29.9 Å². The van der Waals surface area contributed by atoms with Crippen LogP contribution in [0.1, 0.15) is 31.4 Å². The molecule has 2 N–H and O–H groups in total. The molecule has 8 heteroatoms. The van der Waals surface area contributed by atoms with Crippen molar-refractivity contribution in [3.05, 3.63) is 54.4 Å². The zero-order chi connectivity index (χ0) is 20.2. The van der Waals surface area contributed by atoms with Gasteiger partial charge in [-0.15, -0.1) is 10.2 Å². The molecule has 1 saturated carbocycles. The van der Waals surface area contributed by atoms with Gasteiger partial charge in [0.1, 0.15) is 17.6 Å². The highest BCUT2D eigenvalue weighted by Gasteiger charge is 2.22. The molecule has 0 radical (unpaired) electrons. The van der Waals surface area contributed by atoms with E-state index in [1.807, 2.05) is 13.1 Å². The van der Waals surface area contributed by atoms with Gasteiger partial charge >= 0.3 is 0 Å². The average Bonchev–Trinajstić information content (AvgIpc) is 3.21. The minimum Gasteiger partial charge on any atom is -0.507 e. The van der Waals surface area contributed by atoms with Crippen molar-refractivity contribution < 1.29 is 9.50 Å². The van der Waals surface area contributed by atoms with Crippen molar-refractivity contribution in [3.63, 3.8) is 0 Å². The van der Waals surface area contributed by atoms with Crippen molar-refractivity contribution in [3.8, 4) is 22.8 Å². The third-order valence-corrected chi connectivity index (χ3v) is 5.24. The number of aromatic nitrogens is 5. The van der Waals surface area contributed by atoms with Gasteiger partial charge in [-0.25, -0.2) is 14.4 Å². The Labute approximate surface area is 168 Å². The summed E-state index contributed by atoms with van der Waals surface area (Å²) in [5, 5.41) is 21.9. The molecule has 2 aromatic heterocycles. The quantitative estimate of drug-likeness (QED) is 0.660. The predicted octanol–water partition coefficient (Wildman–Crippen LogP) is 3.31.